The molecule has 0 radical (unpaired) electrons. The second kappa shape index (κ2) is 6.04. The first-order chi connectivity index (χ1) is 8.58. The third-order valence-corrected chi connectivity index (χ3v) is 3.60. The van der Waals surface area contributed by atoms with E-state index in [-0.39, 0.29) is 5.82 Å². The molecule has 0 saturated heterocycles. The average Bonchev–Trinajstić information content (AvgIpc) is 2.30. The SMILES string of the molecule is Fc1cc(Br)cc(Oc2ccc(CCl)cc2Br)c1. The molecule has 2 aromatic carbocycles. The summed E-state index contributed by atoms with van der Waals surface area (Å²) in [5, 5.41) is 0. The van der Waals surface area contributed by atoms with Gasteiger partial charge in [0.15, 0.2) is 0 Å². The molecular formula is C13H8Br2ClFO. The van der Waals surface area contributed by atoms with Gasteiger partial charge in [0, 0.05) is 16.4 Å². The molecule has 0 unspecified atom stereocenters. The molecular weight excluding hydrogens is 386 g/mol. The summed E-state index contributed by atoms with van der Waals surface area (Å²) in [6.45, 7) is 0. The van der Waals surface area contributed by atoms with Crippen molar-refractivity contribution in [3.05, 3.63) is 56.7 Å². The van der Waals surface area contributed by atoms with Crippen LogP contribution in [0.4, 0.5) is 4.39 Å². The minimum Gasteiger partial charge on any atom is -0.456 e. The van der Waals surface area contributed by atoms with E-state index in [1.165, 1.54) is 12.1 Å². The van der Waals surface area contributed by atoms with Crippen LogP contribution >= 0.6 is 43.5 Å². The first-order valence-electron chi connectivity index (χ1n) is 5.07. The standard InChI is InChI=1S/C13H8Br2ClFO/c14-9-4-10(17)6-11(5-9)18-13-2-1-8(7-16)3-12(13)15/h1-6H,7H2. The Bertz CT molecular complexity index is 555. The Labute approximate surface area is 126 Å². The molecule has 2 rings (SSSR count). The maximum atomic E-state index is 13.2. The molecule has 0 atom stereocenters. The molecule has 0 amide bonds. The van der Waals surface area contributed by atoms with E-state index >= 15 is 0 Å². The van der Waals surface area contributed by atoms with Crippen molar-refractivity contribution in [2.75, 3.05) is 0 Å². The maximum Gasteiger partial charge on any atom is 0.141 e. The topological polar surface area (TPSA) is 9.23 Å². The minimum atomic E-state index is -0.354. The van der Waals surface area contributed by atoms with E-state index in [4.69, 9.17) is 16.3 Å². The fourth-order valence-electron chi connectivity index (χ4n) is 1.42. The van der Waals surface area contributed by atoms with Gasteiger partial charge in [0.25, 0.3) is 0 Å². The van der Waals surface area contributed by atoms with Gasteiger partial charge in [-0.05, 0) is 45.8 Å². The van der Waals surface area contributed by atoms with Crippen LogP contribution in [0.3, 0.4) is 0 Å². The van der Waals surface area contributed by atoms with Crippen LogP contribution < -0.4 is 4.74 Å². The number of benzene rings is 2. The number of hydrogen-bond acceptors (Lipinski definition) is 1. The van der Waals surface area contributed by atoms with Gasteiger partial charge in [-0.25, -0.2) is 4.39 Å². The van der Waals surface area contributed by atoms with Crippen molar-refractivity contribution in [2.45, 2.75) is 5.88 Å². The number of halogens is 4. The number of rotatable bonds is 3. The van der Waals surface area contributed by atoms with Gasteiger partial charge in [-0.1, -0.05) is 22.0 Å². The van der Waals surface area contributed by atoms with E-state index in [2.05, 4.69) is 31.9 Å². The van der Waals surface area contributed by atoms with E-state index in [9.17, 15) is 4.39 Å². The highest BCUT2D eigenvalue weighted by Gasteiger charge is 2.06. The molecule has 0 bridgehead atoms. The normalized spacial score (nSPS) is 10.4. The van der Waals surface area contributed by atoms with E-state index in [1.807, 2.05) is 12.1 Å². The van der Waals surface area contributed by atoms with Gasteiger partial charge < -0.3 is 4.74 Å². The van der Waals surface area contributed by atoms with Crippen molar-refractivity contribution < 1.29 is 9.13 Å². The zero-order valence-corrected chi connectivity index (χ0v) is 13.0. The molecule has 0 aliphatic carbocycles. The Kier molecular flexibility index (Phi) is 4.65. The summed E-state index contributed by atoms with van der Waals surface area (Å²) in [5.74, 6) is 1.13. The second-order valence-electron chi connectivity index (χ2n) is 3.61. The predicted molar refractivity (Wildman–Crippen MR) is 77.9 cm³/mol. The van der Waals surface area contributed by atoms with Crippen LogP contribution in [0, 0.1) is 5.82 Å². The van der Waals surface area contributed by atoms with Crippen LogP contribution in [-0.4, -0.2) is 0 Å². The Morgan fingerprint density at radius 3 is 2.50 bits per heavy atom. The Balaban J connectivity index is 2.28. The van der Waals surface area contributed by atoms with E-state index in [0.717, 1.165) is 10.0 Å². The molecule has 94 valence electrons. The minimum absolute atomic E-state index is 0.354. The second-order valence-corrected chi connectivity index (χ2v) is 5.64. The molecule has 0 aliphatic heterocycles. The van der Waals surface area contributed by atoms with Gasteiger partial charge >= 0.3 is 0 Å². The molecule has 0 saturated carbocycles. The molecule has 1 nitrogen and oxygen atoms in total. The largest absolute Gasteiger partial charge is 0.456 e. The molecule has 18 heavy (non-hydrogen) atoms. The molecule has 2 aromatic rings. The van der Waals surface area contributed by atoms with Crippen molar-refractivity contribution in [3.63, 3.8) is 0 Å². The summed E-state index contributed by atoms with van der Waals surface area (Å²) in [6, 6.07) is 9.93. The lowest BCUT2D eigenvalue weighted by Crippen LogP contribution is -1.88. The third kappa shape index (κ3) is 3.46. The van der Waals surface area contributed by atoms with Crippen molar-refractivity contribution >= 4 is 43.5 Å². The summed E-state index contributed by atoms with van der Waals surface area (Å²) >= 11 is 12.3. The smallest absolute Gasteiger partial charge is 0.141 e. The highest BCUT2D eigenvalue weighted by molar-refractivity contribution is 9.10. The lowest BCUT2D eigenvalue weighted by molar-refractivity contribution is 0.473. The maximum absolute atomic E-state index is 13.2. The van der Waals surface area contributed by atoms with Gasteiger partial charge in [0.1, 0.15) is 17.3 Å². The molecule has 0 N–H and O–H groups in total. The van der Waals surface area contributed by atoms with Gasteiger partial charge in [-0.3, -0.25) is 0 Å². The number of ether oxygens (including phenoxy) is 1. The number of hydrogen-bond donors (Lipinski definition) is 0. The van der Waals surface area contributed by atoms with Crippen molar-refractivity contribution in [1.29, 1.82) is 0 Å². The third-order valence-electron chi connectivity index (χ3n) is 2.21. The van der Waals surface area contributed by atoms with Crippen LogP contribution in [-0.2, 0) is 5.88 Å². The van der Waals surface area contributed by atoms with Crippen molar-refractivity contribution in [2.24, 2.45) is 0 Å². The summed E-state index contributed by atoms with van der Waals surface area (Å²) in [5.41, 5.74) is 0.983. The number of alkyl halides is 1. The van der Waals surface area contributed by atoms with E-state index < -0.39 is 0 Å². The van der Waals surface area contributed by atoms with Crippen LogP contribution in [0.15, 0.2) is 45.3 Å². The molecule has 0 heterocycles. The lowest BCUT2D eigenvalue weighted by Gasteiger charge is -2.09. The Hall–Kier alpha value is -0.580. The van der Waals surface area contributed by atoms with Gasteiger partial charge in [-0.15, -0.1) is 11.6 Å². The molecule has 0 fully saturated rings. The Morgan fingerprint density at radius 2 is 1.89 bits per heavy atom. The van der Waals surface area contributed by atoms with Crippen molar-refractivity contribution in [3.8, 4) is 11.5 Å². The Morgan fingerprint density at radius 1 is 1.11 bits per heavy atom. The first-order valence-corrected chi connectivity index (χ1v) is 7.19. The van der Waals surface area contributed by atoms with Crippen LogP contribution in [0.2, 0.25) is 0 Å². The zero-order chi connectivity index (χ0) is 13.1. The van der Waals surface area contributed by atoms with Crippen LogP contribution in [0.25, 0.3) is 0 Å². The fourth-order valence-corrected chi connectivity index (χ4v) is 2.54. The van der Waals surface area contributed by atoms with Crippen LogP contribution in [0.5, 0.6) is 11.5 Å². The lowest BCUT2D eigenvalue weighted by atomic mass is 10.2. The zero-order valence-electron chi connectivity index (χ0n) is 9.09. The molecule has 0 aliphatic rings. The first kappa shape index (κ1) is 13.8. The van der Waals surface area contributed by atoms with Gasteiger partial charge in [-0.2, -0.15) is 0 Å². The van der Waals surface area contributed by atoms with Crippen molar-refractivity contribution in [1.82, 2.24) is 0 Å². The summed E-state index contributed by atoms with van der Waals surface area (Å²) in [6.07, 6.45) is 0. The summed E-state index contributed by atoms with van der Waals surface area (Å²) < 4.78 is 20.2. The highest BCUT2D eigenvalue weighted by Crippen LogP contribution is 2.32. The monoisotopic (exact) mass is 392 g/mol. The summed E-state index contributed by atoms with van der Waals surface area (Å²) in [7, 11) is 0. The summed E-state index contributed by atoms with van der Waals surface area (Å²) in [4.78, 5) is 0. The van der Waals surface area contributed by atoms with E-state index in [0.29, 0.717) is 21.9 Å². The van der Waals surface area contributed by atoms with Crippen LogP contribution in [0.1, 0.15) is 5.56 Å². The molecule has 5 heteroatoms. The quantitative estimate of drug-likeness (QED) is 0.591. The van der Waals surface area contributed by atoms with Gasteiger partial charge in [0.2, 0.25) is 0 Å². The average molecular weight is 394 g/mol. The molecule has 0 spiro atoms. The van der Waals surface area contributed by atoms with E-state index in [1.54, 1.807) is 12.1 Å². The predicted octanol–water partition coefficient (Wildman–Crippen LogP) is 5.88. The molecule has 0 aromatic heterocycles. The fraction of sp³-hybridized carbons (Fsp3) is 0.0769. The van der Waals surface area contributed by atoms with Gasteiger partial charge in [0.05, 0.1) is 4.47 Å². The highest BCUT2D eigenvalue weighted by atomic mass is 79.9.